The van der Waals surface area contributed by atoms with E-state index < -0.39 is 5.91 Å². The summed E-state index contributed by atoms with van der Waals surface area (Å²) in [4.78, 5) is 13.9. The summed E-state index contributed by atoms with van der Waals surface area (Å²) in [7, 11) is 0. The number of nitriles is 1. The van der Waals surface area contributed by atoms with E-state index in [1.807, 2.05) is 0 Å². The number of likely N-dealkylation sites (tertiary alicyclic amines) is 1. The number of hydrogen-bond acceptors (Lipinski definition) is 6. The molecule has 2 aromatic carbocycles. The summed E-state index contributed by atoms with van der Waals surface area (Å²) in [6, 6.07) is 11.4. The molecule has 0 aliphatic carbocycles. The number of benzene rings is 2. The number of nitrogens with zero attached hydrogens (tertiary/aromatic N) is 4. The molecule has 1 unspecified atom stereocenters. The van der Waals surface area contributed by atoms with Crippen LogP contribution in [0.15, 0.2) is 42.5 Å². The molecule has 8 nitrogen and oxygen atoms in total. The highest BCUT2D eigenvalue weighted by Crippen LogP contribution is 2.34. The molecule has 1 amide bonds. The topological polar surface area (TPSA) is 123 Å². The number of anilines is 1. The second-order valence-corrected chi connectivity index (χ2v) is 7.80. The number of carbonyl (C=O) groups is 1. The van der Waals surface area contributed by atoms with Crippen LogP contribution < -0.4 is 16.2 Å². The Bertz CT molecular complexity index is 1220. The fraction of sp³-hybridized carbons (Fsp3) is 0.261. The van der Waals surface area contributed by atoms with E-state index in [1.54, 1.807) is 52.9 Å². The van der Waals surface area contributed by atoms with Crippen molar-refractivity contribution < 1.29 is 13.9 Å². The third-order valence-electron chi connectivity index (χ3n) is 5.56. The van der Waals surface area contributed by atoms with Crippen LogP contribution in [-0.4, -0.2) is 33.7 Å². The van der Waals surface area contributed by atoms with Gasteiger partial charge in [-0.1, -0.05) is 18.2 Å². The zero-order valence-electron chi connectivity index (χ0n) is 17.6. The highest BCUT2D eigenvalue weighted by atomic mass is 19.1. The smallest absolute Gasteiger partial charge is 0.254 e. The molecule has 1 saturated heterocycles. The van der Waals surface area contributed by atoms with Gasteiger partial charge < -0.3 is 21.1 Å². The van der Waals surface area contributed by atoms with Crippen LogP contribution in [0.25, 0.3) is 11.3 Å². The summed E-state index contributed by atoms with van der Waals surface area (Å²) in [5.74, 6) is -0.0836. The Labute approximate surface area is 184 Å². The number of nitrogens with two attached hydrogens (primary N) is 2. The van der Waals surface area contributed by atoms with Gasteiger partial charge in [-0.25, -0.2) is 9.07 Å². The van der Waals surface area contributed by atoms with Crippen molar-refractivity contribution in [3.63, 3.8) is 0 Å². The summed E-state index contributed by atoms with van der Waals surface area (Å²) in [6.45, 7) is 2.82. The summed E-state index contributed by atoms with van der Waals surface area (Å²) >= 11 is 0. The summed E-state index contributed by atoms with van der Waals surface area (Å²) in [5, 5.41) is 13.8. The Hall–Kier alpha value is -4.06. The molecule has 0 bridgehead atoms. The SMILES string of the molecule is Cc1ccc(Oc2cccc(-c3nn(C4CCCN(C#N)C4)c(N)c3C(N)=O)c2)cc1F. The molecular formula is C23H23FN6O2. The maximum absolute atomic E-state index is 13.9. The van der Waals surface area contributed by atoms with Crippen LogP contribution in [0.5, 0.6) is 11.5 Å². The van der Waals surface area contributed by atoms with Crippen molar-refractivity contribution in [3.8, 4) is 28.9 Å². The second kappa shape index (κ2) is 8.59. The van der Waals surface area contributed by atoms with Crippen molar-refractivity contribution in [2.75, 3.05) is 18.8 Å². The van der Waals surface area contributed by atoms with E-state index in [9.17, 15) is 14.4 Å². The van der Waals surface area contributed by atoms with E-state index in [1.165, 1.54) is 6.07 Å². The molecule has 2 heterocycles. The van der Waals surface area contributed by atoms with Crippen molar-refractivity contribution in [2.24, 2.45) is 5.73 Å². The van der Waals surface area contributed by atoms with E-state index in [4.69, 9.17) is 16.2 Å². The second-order valence-electron chi connectivity index (χ2n) is 7.80. The quantitative estimate of drug-likeness (QED) is 0.592. The van der Waals surface area contributed by atoms with E-state index in [0.717, 1.165) is 12.8 Å². The van der Waals surface area contributed by atoms with Crippen LogP contribution in [0.3, 0.4) is 0 Å². The highest BCUT2D eigenvalue weighted by Gasteiger charge is 2.28. The molecule has 1 aromatic heterocycles. The first-order valence-electron chi connectivity index (χ1n) is 10.2. The molecule has 1 aliphatic heterocycles. The fourth-order valence-corrected chi connectivity index (χ4v) is 3.90. The Morgan fingerprint density at radius 3 is 2.78 bits per heavy atom. The van der Waals surface area contributed by atoms with Gasteiger partial charge in [-0.05, 0) is 43.5 Å². The molecule has 0 spiro atoms. The number of primary amides is 1. The molecule has 4 N–H and O–H groups in total. The Balaban J connectivity index is 1.70. The molecular weight excluding hydrogens is 411 g/mol. The van der Waals surface area contributed by atoms with E-state index in [2.05, 4.69) is 11.3 Å². The number of rotatable bonds is 5. The van der Waals surface area contributed by atoms with Crippen LogP contribution in [0.4, 0.5) is 10.2 Å². The lowest BCUT2D eigenvalue weighted by atomic mass is 10.1. The van der Waals surface area contributed by atoms with Gasteiger partial charge in [-0.15, -0.1) is 0 Å². The number of halogens is 1. The number of carbonyl (C=O) groups excluding carboxylic acids is 1. The lowest BCUT2D eigenvalue weighted by molar-refractivity contribution is 0.100. The first-order valence-corrected chi connectivity index (χ1v) is 10.2. The minimum Gasteiger partial charge on any atom is -0.457 e. The number of nitrogen functional groups attached to an aromatic ring is 1. The van der Waals surface area contributed by atoms with Crippen molar-refractivity contribution in [3.05, 3.63) is 59.4 Å². The van der Waals surface area contributed by atoms with Gasteiger partial charge >= 0.3 is 0 Å². The van der Waals surface area contributed by atoms with Gasteiger partial charge in [-0.2, -0.15) is 10.4 Å². The Kier molecular flexibility index (Phi) is 5.69. The molecule has 1 atom stereocenters. The summed E-state index contributed by atoms with van der Waals surface area (Å²) in [5.41, 5.74) is 13.5. The molecule has 3 aromatic rings. The van der Waals surface area contributed by atoms with Gasteiger partial charge in [0.15, 0.2) is 6.19 Å². The van der Waals surface area contributed by atoms with Crippen LogP contribution in [-0.2, 0) is 0 Å². The lowest BCUT2D eigenvalue weighted by Crippen LogP contribution is -2.34. The highest BCUT2D eigenvalue weighted by molar-refractivity contribution is 6.03. The molecule has 4 rings (SSSR count). The predicted octanol–water partition coefficient (Wildman–Crippen LogP) is 3.59. The average molecular weight is 434 g/mol. The first kappa shape index (κ1) is 21.2. The molecule has 32 heavy (non-hydrogen) atoms. The van der Waals surface area contributed by atoms with Gasteiger partial charge in [0.25, 0.3) is 5.91 Å². The normalized spacial score (nSPS) is 15.9. The average Bonchev–Trinajstić information content (AvgIpc) is 3.14. The van der Waals surface area contributed by atoms with Gasteiger partial charge in [0.2, 0.25) is 0 Å². The Morgan fingerprint density at radius 1 is 1.28 bits per heavy atom. The van der Waals surface area contributed by atoms with Crippen molar-refractivity contribution >= 4 is 11.7 Å². The third kappa shape index (κ3) is 4.07. The maximum atomic E-state index is 13.9. The minimum absolute atomic E-state index is 0.123. The van der Waals surface area contributed by atoms with Crippen LogP contribution in [0.1, 0.15) is 34.8 Å². The van der Waals surface area contributed by atoms with E-state index in [0.29, 0.717) is 41.4 Å². The first-order chi connectivity index (χ1) is 15.4. The Morgan fingerprint density at radius 2 is 2.06 bits per heavy atom. The number of piperidine rings is 1. The van der Waals surface area contributed by atoms with Crippen molar-refractivity contribution in [2.45, 2.75) is 25.8 Å². The molecule has 1 aliphatic rings. The standard InChI is InChI=1S/C23H23FN6O2/c1-14-7-8-18(11-19(14)24)32-17-6-2-4-15(10-17)21-20(23(27)31)22(26)30(28-21)16-5-3-9-29(12-16)13-25/h2,4,6-8,10-11,16H,3,5,9,12,26H2,1H3,(H2,27,31). The summed E-state index contributed by atoms with van der Waals surface area (Å²) in [6.07, 6.45) is 3.75. The maximum Gasteiger partial charge on any atom is 0.254 e. The number of hydrogen-bond donors (Lipinski definition) is 2. The van der Waals surface area contributed by atoms with Crippen LogP contribution >= 0.6 is 0 Å². The van der Waals surface area contributed by atoms with Crippen molar-refractivity contribution in [1.29, 1.82) is 5.26 Å². The zero-order chi connectivity index (χ0) is 22.8. The third-order valence-corrected chi connectivity index (χ3v) is 5.56. The molecule has 1 fully saturated rings. The molecule has 164 valence electrons. The molecule has 0 radical (unpaired) electrons. The minimum atomic E-state index is -0.691. The fourth-order valence-electron chi connectivity index (χ4n) is 3.90. The van der Waals surface area contributed by atoms with Gasteiger partial charge in [0, 0.05) is 18.2 Å². The lowest BCUT2D eigenvalue weighted by Gasteiger charge is -2.29. The predicted molar refractivity (Wildman–Crippen MR) is 117 cm³/mol. The van der Waals surface area contributed by atoms with Crippen molar-refractivity contribution in [1.82, 2.24) is 14.7 Å². The molecule has 0 saturated carbocycles. The summed E-state index contributed by atoms with van der Waals surface area (Å²) < 4.78 is 21.2. The van der Waals surface area contributed by atoms with Gasteiger partial charge in [-0.3, -0.25) is 4.79 Å². The number of ether oxygens (including phenoxy) is 1. The van der Waals surface area contributed by atoms with Crippen LogP contribution in [0, 0.1) is 24.2 Å². The monoisotopic (exact) mass is 434 g/mol. The van der Waals surface area contributed by atoms with Crippen LogP contribution in [0.2, 0.25) is 0 Å². The van der Waals surface area contributed by atoms with Gasteiger partial charge in [0.1, 0.15) is 34.4 Å². The van der Waals surface area contributed by atoms with Gasteiger partial charge in [0.05, 0.1) is 12.6 Å². The zero-order valence-corrected chi connectivity index (χ0v) is 17.6. The van der Waals surface area contributed by atoms with E-state index >= 15 is 0 Å². The largest absolute Gasteiger partial charge is 0.457 e. The number of aromatic nitrogens is 2. The van der Waals surface area contributed by atoms with E-state index in [-0.39, 0.29) is 23.2 Å². The molecule has 9 heteroatoms. The number of aryl methyl sites for hydroxylation is 1. The number of amides is 1.